The van der Waals surface area contributed by atoms with E-state index in [-0.39, 0.29) is 11.7 Å². The Morgan fingerprint density at radius 3 is 2.94 bits per heavy atom. The molecule has 3 nitrogen and oxygen atoms in total. The van der Waals surface area contributed by atoms with Crippen LogP contribution in [-0.4, -0.2) is 10.7 Å². The summed E-state index contributed by atoms with van der Waals surface area (Å²) >= 11 is 0. The van der Waals surface area contributed by atoms with Gasteiger partial charge in [-0.2, -0.15) is 0 Å². The van der Waals surface area contributed by atoms with Gasteiger partial charge in [-0.15, -0.1) is 0 Å². The minimum absolute atomic E-state index is 0.113. The Morgan fingerprint density at radius 1 is 1.44 bits per heavy atom. The summed E-state index contributed by atoms with van der Waals surface area (Å²) in [4.78, 5) is 12.6. The van der Waals surface area contributed by atoms with Gasteiger partial charge in [0.2, 0.25) is 0 Å². The Bertz CT molecular complexity index is 685. The Kier molecular flexibility index (Phi) is 2.44. The van der Waals surface area contributed by atoms with Crippen LogP contribution in [0.15, 0.2) is 23.0 Å². The van der Waals surface area contributed by atoms with Crippen LogP contribution in [0.3, 0.4) is 0 Å². The summed E-state index contributed by atoms with van der Waals surface area (Å²) in [6.45, 7) is 6.73. The van der Waals surface area contributed by atoms with E-state index < -0.39 is 0 Å². The standard InChI is InChI=1S/C15H17NO2/c1-4-16-9(2)7-11-5-6-13-12(8-10(3)18-13)14(11)15(16)17/h5-7,10H,4,8H2,1-3H3. The van der Waals surface area contributed by atoms with E-state index in [9.17, 15) is 4.79 Å². The molecular weight excluding hydrogens is 226 g/mol. The largest absolute Gasteiger partial charge is 0.490 e. The molecule has 2 aromatic rings. The van der Waals surface area contributed by atoms with Gasteiger partial charge in [0.25, 0.3) is 5.56 Å². The van der Waals surface area contributed by atoms with Crippen molar-refractivity contribution in [1.29, 1.82) is 0 Å². The molecule has 3 rings (SSSR count). The molecule has 1 aliphatic heterocycles. The number of nitrogens with zero attached hydrogens (tertiary/aromatic N) is 1. The first-order valence-electron chi connectivity index (χ1n) is 6.44. The molecule has 0 aliphatic carbocycles. The minimum Gasteiger partial charge on any atom is -0.490 e. The van der Waals surface area contributed by atoms with Crippen molar-refractivity contribution in [2.75, 3.05) is 0 Å². The summed E-state index contributed by atoms with van der Waals surface area (Å²) in [5.41, 5.74) is 2.20. The topological polar surface area (TPSA) is 31.2 Å². The zero-order valence-corrected chi connectivity index (χ0v) is 11.0. The lowest BCUT2D eigenvalue weighted by molar-refractivity contribution is 0.254. The molecule has 0 spiro atoms. The Balaban J connectivity index is 2.42. The summed E-state index contributed by atoms with van der Waals surface area (Å²) in [6, 6.07) is 6.06. The van der Waals surface area contributed by atoms with Gasteiger partial charge in [0.1, 0.15) is 11.9 Å². The predicted octanol–water partition coefficient (Wildman–Crippen LogP) is 2.65. The van der Waals surface area contributed by atoms with E-state index in [1.807, 2.05) is 37.5 Å². The first-order valence-corrected chi connectivity index (χ1v) is 6.44. The molecule has 1 aromatic carbocycles. The average molecular weight is 243 g/mol. The third kappa shape index (κ3) is 1.47. The highest BCUT2D eigenvalue weighted by atomic mass is 16.5. The summed E-state index contributed by atoms with van der Waals surface area (Å²) in [7, 11) is 0. The molecule has 0 saturated heterocycles. The highest BCUT2D eigenvalue weighted by Gasteiger charge is 2.23. The van der Waals surface area contributed by atoms with Crippen LogP contribution in [0.5, 0.6) is 5.75 Å². The second-order valence-electron chi connectivity index (χ2n) is 4.97. The van der Waals surface area contributed by atoms with E-state index in [1.165, 1.54) is 0 Å². The second-order valence-corrected chi connectivity index (χ2v) is 4.97. The maximum absolute atomic E-state index is 12.6. The summed E-state index contributed by atoms with van der Waals surface area (Å²) < 4.78 is 7.55. The molecule has 1 aliphatic rings. The molecule has 0 radical (unpaired) electrons. The molecule has 1 atom stereocenters. The van der Waals surface area contributed by atoms with Gasteiger partial charge in [-0.1, -0.05) is 6.07 Å². The number of hydrogen-bond acceptors (Lipinski definition) is 2. The third-order valence-corrected chi connectivity index (χ3v) is 3.69. The number of aromatic nitrogens is 1. The first-order chi connectivity index (χ1) is 8.61. The monoisotopic (exact) mass is 243 g/mol. The van der Waals surface area contributed by atoms with Gasteiger partial charge < -0.3 is 9.30 Å². The van der Waals surface area contributed by atoms with Gasteiger partial charge in [-0.3, -0.25) is 4.79 Å². The molecule has 0 bridgehead atoms. The fourth-order valence-corrected chi connectivity index (χ4v) is 2.87. The molecule has 3 heteroatoms. The predicted molar refractivity (Wildman–Crippen MR) is 72.4 cm³/mol. The molecule has 2 heterocycles. The molecule has 0 fully saturated rings. The minimum atomic E-state index is 0.113. The van der Waals surface area contributed by atoms with Crippen molar-refractivity contribution in [2.45, 2.75) is 39.8 Å². The highest BCUT2D eigenvalue weighted by molar-refractivity contribution is 5.88. The SMILES string of the molecule is CCn1c(C)cc2ccc3c(c2c1=O)CC(C)O3. The van der Waals surface area contributed by atoms with E-state index in [4.69, 9.17) is 4.74 Å². The van der Waals surface area contributed by atoms with Gasteiger partial charge in [0.15, 0.2) is 0 Å². The Hall–Kier alpha value is -1.77. The van der Waals surface area contributed by atoms with E-state index in [0.717, 1.165) is 34.2 Å². The van der Waals surface area contributed by atoms with Crippen molar-refractivity contribution >= 4 is 10.8 Å². The van der Waals surface area contributed by atoms with E-state index in [0.29, 0.717) is 6.54 Å². The van der Waals surface area contributed by atoms with Crippen molar-refractivity contribution < 1.29 is 4.74 Å². The lowest BCUT2D eigenvalue weighted by Gasteiger charge is -2.11. The van der Waals surface area contributed by atoms with Gasteiger partial charge in [-0.25, -0.2) is 0 Å². The van der Waals surface area contributed by atoms with Crippen LogP contribution in [-0.2, 0) is 13.0 Å². The summed E-state index contributed by atoms with van der Waals surface area (Å²) in [5, 5.41) is 1.86. The van der Waals surface area contributed by atoms with Crippen LogP contribution in [0.25, 0.3) is 10.8 Å². The lowest BCUT2D eigenvalue weighted by atomic mass is 10.0. The maximum Gasteiger partial charge on any atom is 0.259 e. The fourth-order valence-electron chi connectivity index (χ4n) is 2.87. The van der Waals surface area contributed by atoms with Crippen LogP contribution in [0, 0.1) is 6.92 Å². The van der Waals surface area contributed by atoms with Crippen LogP contribution in [0.1, 0.15) is 25.1 Å². The quantitative estimate of drug-likeness (QED) is 0.771. The number of hydrogen-bond donors (Lipinski definition) is 0. The molecule has 18 heavy (non-hydrogen) atoms. The smallest absolute Gasteiger partial charge is 0.259 e. The third-order valence-electron chi connectivity index (χ3n) is 3.69. The van der Waals surface area contributed by atoms with Crippen LogP contribution >= 0.6 is 0 Å². The summed E-state index contributed by atoms with van der Waals surface area (Å²) in [5.74, 6) is 0.874. The molecule has 0 N–H and O–H groups in total. The van der Waals surface area contributed by atoms with Gasteiger partial charge in [0, 0.05) is 24.2 Å². The zero-order chi connectivity index (χ0) is 12.9. The van der Waals surface area contributed by atoms with Crippen LogP contribution in [0.2, 0.25) is 0 Å². The zero-order valence-electron chi connectivity index (χ0n) is 11.0. The van der Waals surface area contributed by atoms with E-state index in [1.54, 1.807) is 0 Å². The number of aryl methyl sites for hydroxylation is 1. The maximum atomic E-state index is 12.6. The fraction of sp³-hybridized carbons (Fsp3) is 0.400. The number of ether oxygens (including phenoxy) is 1. The molecule has 1 unspecified atom stereocenters. The summed E-state index contributed by atoms with van der Waals surface area (Å²) in [6.07, 6.45) is 0.996. The van der Waals surface area contributed by atoms with Crippen LogP contribution in [0.4, 0.5) is 0 Å². The molecule has 0 amide bonds. The molecular formula is C15H17NO2. The average Bonchev–Trinajstić information content (AvgIpc) is 2.69. The number of pyridine rings is 1. The Morgan fingerprint density at radius 2 is 2.22 bits per heavy atom. The lowest BCUT2D eigenvalue weighted by Crippen LogP contribution is -2.22. The van der Waals surface area contributed by atoms with Crippen molar-refractivity contribution in [3.8, 4) is 5.75 Å². The number of rotatable bonds is 1. The number of fused-ring (bicyclic) bond motifs is 3. The second kappa shape index (κ2) is 3.87. The Labute approximate surface area is 106 Å². The molecule has 0 saturated carbocycles. The van der Waals surface area contributed by atoms with Crippen LogP contribution < -0.4 is 10.3 Å². The van der Waals surface area contributed by atoms with Crippen molar-refractivity contribution in [3.05, 3.63) is 39.8 Å². The van der Waals surface area contributed by atoms with Crippen molar-refractivity contribution in [1.82, 2.24) is 4.57 Å². The van der Waals surface area contributed by atoms with E-state index >= 15 is 0 Å². The van der Waals surface area contributed by atoms with Gasteiger partial charge in [0.05, 0.1) is 5.39 Å². The normalized spacial score (nSPS) is 17.8. The van der Waals surface area contributed by atoms with Crippen molar-refractivity contribution in [3.63, 3.8) is 0 Å². The first kappa shape index (κ1) is 11.3. The molecule has 1 aromatic heterocycles. The number of benzene rings is 1. The highest BCUT2D eigenvalue weighted by Crippen LogP contribution is 2.33. The van der Waals surface area contributed by atoms with Gasteiger partial charge >= 0.3 is 0 Å². The van der Waals surface area contributed by atoms with Crippen molar-refractivity contribution in [2.24, 2.45) is 0 Å². The van der Waals surface area contributed by atoms with E-state index in [2.05, 4.69) is 6.07 Å². The molecule has 94 valence electrons. The van der Waals surface area contributed by atoms with Gasteiger partial charge in [-0.05, 0) is 38.3 Å².